The zero-order valence-corrected chi connectivity index (χ0v) is 23.0. The molecule has 2 fully saturated rings. The standard InChI is InChI=1S/C28H44N2O7/c1-8-10-11-12-13-14-21(29-26(34)37-27(3,4)5)24(32)30-18-20(35-6)15-22(30)23(31)17-28(25(33)36-7)16-19(28)9-2/h8-9,19-22H,1-2,10-18H2,3-7H3,(H,29,34). The number of nitrogens with zero attached hydrogens (tertiary/aromatic N) is 1. The maximum Gasteiger partial charge on any atom is 0.408 e. The van der Waals surface area contributed by atoms with E-state index in [1.54, 1.807) is 34.0 Å². The van der Waals surface area contributed by atoms with Crippen LogP contribution in [0.5, 0.6) is 0 Å². The van der Waals surface area contributed by atoms with E-state index in [0.29, 0.717) is 25.7 Å². The summed E-state index contributed by atoms with van der Waals surface area (Å²) in [6.45, 7) is 13.0. The Hall–Kier alpha value is -2.68. The molecule has 1 aliphatic heterocycles. The number of esters is 1. The van der Waals surface area contributed by atoms with Crippen LogP contribution in [0.2, 0.25) is 0 Å². The third-order valence-electron chi connectivity index (χ3n) is 7.14. The fourth-order valence-corrected chi connectivity index (χ4v) is 5.02. The molecule has 2 aliphatic rings. The van der Waals surface area contributed by atoms with E-state index in [0.717, 1.165) is 19.3 Å². The van der Waals surface area contributed by atoms with Gasteiger partial charge in [-0.3, -0.25) is 14.4 Å². The number of ketones is 1. The van der Waals surface area contributed by atoms with Crippen LogP contribution in [0.4, 0.5) is 4.79 Å². The Morgan fingerprint density at radius 3 is 2.38 bits per heavy atom. The van der Waals surface area contributed by atoms with Crippen molar-refractivity contribution >= 4 is 23.8 Å². The van der Waals surface area contributed by atoms with Gasteiger partial charge in [-0.15, -0.1) is 13.2 Å². The van der Waals surface area contributed by atoms with Crippen LogP contribution in [0.1, 0.15) is 72.1 Å². The van der Waals surface area contributed by atoms with Crippen LogP contribution in [-0.2, 0) is 28.6 Å². The Morgan fingerprint density at radius 1 is 1.14 bits per heavy atom. The molecule has 37 heavy (non-hydrogen) atoms. The van der Waals surface area contributed by atoms with Gasteiger partial charge < -0.3 is 24.4 Å². The van der Waals surface area contributed by atoms with Crippen LogP contribution in [0, 0.1) is 11.3 Å². The molecule has 0 aromatic carbocycles. The molecule has 0 bridgehead atoms. The maximum atomic E-state index is 13.8. The Bertz CT molecular complexity index is 865. The van der Waals surface area contributed by atoms with E-state index in [1.165, 1.54) is 12.0 Å². The summed E-state index contributed by atoms with van der Waals surface area (Å²) in [4.78, 5) is 53.8. The molecule has 208 valence electrons. The van der Waals surface area contributed by atoms with E-state index in [-0.39, 0.29) is 36.7 Å². The zero-order valence-electron chi connectivity index (χ0n) is 23.0. The van der Waals surface area contributed by atoms with Crippen molar-refractivity contribution in [2.45, 2.75) is 95.9 Å². The number of hydrogen-bond donors (Lipinski definition) is 1. The molecule has 0 aromatic heterocycles. The number of allylic oxidation sites excluding steroid dienone is 2. The van der Waals surface area contributed by atoms with Crippen molar-refractivity contribution in [1.29, 1.82) is 0 Å². The molecule has 5 atom stereocenters. The average molecular weight is 521 g/mol. The first kappa shape index (κ1) is 30.5. The molecule has 1 heterocycles. The van der Waals surface area contributed by atoms with Gasteiger partial charge in [-0.05, 0) is 52.4 Å². The summed E-state index contributed by atoms with van der Waals surface area (Å²) in [5.74, 6) is -1.14. The lowest BCUT2D eigenvalue weighted by Crippen LogP contribution is -2.52. The monoisotopic (exact) mass is 520 g/mol. The minimum Gasteiger partial charge on any atom is -0.469 e. The van der Waals surface area contributed by atoms with E-state index in [9.17, 15) is 19.2 Å². The van der Waals surface area contributed by atoms with Crippen molar-refractivity contribution in [1.82, 2.24) is 10.2 Å². The number of ether oxygens (including phenoxy) is 3. The van der Waals surface area contributed by atoms with Gasteiger partial charge in [0.25, 0.3) is 0 Å². The van der Waals surface area contributed by atoms with Gasteiger partial charge in [0.05, 0.1) is 24.7 Å². The van der Waals surface area contributed by atoms with Gasteiger partial charge in [-0.25, -0.2) is 4.79 Å². The van der Waals surface area contributed by atoms with Gasteiger partial charge in [-0.2, -0.15) is 0 Å². The predicted octanol–water partition coefficient (Wildman–Crippen LogP) is 3.96. The maximum absolute atomic E-state index is 13.8. The number of amides is 2. The molecule has 2 rings (SSSR count). The van der Waals surface area contributed by atoms with E-state index >= 15 is 0 Å². The predicted molar refractivity (Wildman–Crippen MR) is 140 cm³/mol. The Labute approximate surface area is 220 Å². The SMILES string of the molecule is C=CCCCCCC(NC(=O)OC(C)(C)C)C(=O)N1CC(OC)CC1C(=O)CC1(C(=O)OC)CC1C=C. The molecule has 1 aliphatic carbocycles. The van der Waals surface area contributed by atoms with Crippen LogP contribution in [0.3, 0.4) is 0 Å². The second-order valence-corrected chi connectivity index (χ2v) is 11.1. The summed E-state index contributed by atoms with van der Waals surface area (Å²) in [6.07, 6.45) is 7.13. The first-order valence-corrected chi connectivity index (χ1v) is 13.1. The van der Waals surface area contributed by atoms with Crippen molar-refractivity contribution in [3.05, 3.63) is 25.3 Å². The van der Waals surface area contributed by atoms with Gasteiger partial charge >= 0.3 is 12.1 Å². The lowest BCUT2D eigenvalue weighted by atomic mass is 9.92. The van der Waals surface area contributed by atoms with Crippen LogP contribution in [-0.4, -0.2) is 73.2 Å². The largest absolute Gasteiger partial charge is 0.469 e. The van der Waals surface area contributed by atoms with Crippen LogP contribution in [0.15, 0.2) is 25.3 Å². The third-order valence-corrected chi connectivity index (χ3v) is 7.14. The summed E-state index contributed by atoms with van der Waals surface area (Å²) >= 11 is 0. The highest BCUT2D eigenvalue weighted by molar-refractivity contribution is 5.96. The molecule has 1 saturated carbocycles. The first-order chi connectivity index (χ1) is 17.4. The van der Waals surface area contributed by atoms with Crippen LogP contribution >= 0.6 is 0 Å². The Morgan fingerprint density at radius 2 is 1.84 bits per heavy atom. The molecule has 9 nitrogen and oxygen atoms in total. The number of rotatable bonds is 14. The van der Waals surface area contributed by atoms with Gasteiger partial charge in [0, 0.05) is 26.5 Å². The highest BCUT2D eigenvalue weighted by Crippen LogP contribution is 2.57. The molecule has 9 heteroatoms. The van der Waals surface area contributed by atoms with E-state index < -0.39 is 35.2 Å². The number of alkyl carbamates (subject to hydrolysis) is 1. The van der Waals surface area contributed by atoms with Crippen molar-refractivity contribution in [3.8, 4) is 0 Å². The minimum atomic E-state index is -0.924. The van der Waals surface area contributed by atoms with E-state index in [4.69, 9.17) is 14.2 Å². The molecule has 0 radical (unpaired) electrons. The van der Waals surface area contributed by atoms with Crippen molar-refractivity contribution in [2.24, 2.45) is 11.3 Å². The van der Waals surface area contributed by atoms with Crippen molar-refractivity contribution in [2.75, 3.05) is 20.8 Å². The van der Waals surface area contributed by atoms with Gasteiger partial charge in [0.2, 0.25) is 5.91 Å². The summed E-state index contributed by atoms with van der Waals surface area (Å²) in [5.41, 5.74) is -1.64. The highest BCUT2D eigenvalue weighted by Gasteiger charge is 2.61. The number of Topliss-reactive ketones (excluding diaryl/α,β-unsaturated/α-hetero) is 1. The number of carbonyl (C=O) groups excluding carboxylic acids is 4. The highest BCUT2D eigenvalue weighted by atomic mass is 16.6. The lowest BCUT2D eigenvalue weighted by molar-refractivity contribution is -0.150. The Balaban J connectivity index is 2.21. The van der Waals surface area contributed by atoms with Gasteiger partial charge in [0.15, 0.2) is 5.78 Å². The topological polar surface area (TPSA) is 111 Å². The molecule has 0 spiro atoms. The van der Waals surface area contributed by atoms with E-state index in [2.05, 4.69) is 18.5 Å². The third kappa shape index (κ3) is 8.15. The summed E-state index contributed by atoms with van der Waals surface area (Å²) in [6, 6.07) is -1.60. The molecular weight excluding hydrogens is 476 g/mol. The number of nitrogens with one attached hydrogen (secondary N) is 1. The molecule has 0 aromatic rings. The molecule has 5 unspecified atom stereocenters. The Kier molecular flexibility index (Phi) is 10.9. The fraction of sp³-hybridized carbons (Fsp3) is 0.714. The van der Waals surface area contributed by atoms with Crippen LogP contribution in [0.25, 0.3) is 0 Å². The summed E-state index contributed by atoms with van der Waals surface area (Å²) in [7, 11) is 2.85. The van der Waals surface area contributed by atoms with Gasteiger partial charge in [0.1, 0.15) is 11.6 Å². The first-order valence-electron chi connectivity index (χ1n) is 13.1. The number of hydrogen-bond acceptors (Lipinski definition) is 7. The second kappa shape index (κ2) is 13.2. The summed E-state index contributed by atoms with van der Waals surface area (Å²) in [5, 5.41) is 2.73. The molecular formula is C28H44N2O7. The average Bonchev–Trinajstić information content (AvgIpc) is 3.37. The van der Waals surface area contributed by atoms with Crippen molar-refractivity contribution in [3.63, 3.8) is 0 Å². The molecule has 1 saturated heterocycles. The fourth-order valence-electron chi connectivity index (χ4n) is 5.02. The smallest absolute Gasteiger partial charge is 0.408 e. The van der Waals surface area contributed by atoms with Gasteiger partial charge in [-0.1, -0.05) is 25.0 Å². The molecule has 1 N–H and O–H groups in total. The minimum absolute atomic E-state index is 0.0348. The number of likely N-dealkylation sites (tertiary alicyclic amines) is 1. The normalized spacial score (nSPS) is 25.6. The summed E-state index contributed by atoms with van der Waals surface area (Å²) < 4.78 is 15.9. The number of methoxy groups -OCH3 is 2. The van der Waals surface area contributed by atoms with E-state index in [1.807, 2.05) is 6.08 Å². The zero-order chi connectivity index (χ0) is 27.8. The van der Waals surface area contributed by atoms with Crippen molar-refractivity contribution < 1.29 is 33.4 Å². The van der Waals surface area contributed by atoms with Crippen LogP contribution < -0.4 is 5.32 Å². The quantitative estimate of drug-likeness (QED) is 0.210. The lowest BCUT2D eigenvalue weighted by Gasteiger charge is -2.30. The number of carbonyl (C=O) groups is 4. The number of unbranched alkanes of at least 4 members (excludes halogenated alkanes) is 3. The second-order valence-electron chi connectivity index (χ2n) is 11.1. The molecule has 2 amide bonds.